The molecule has 0 saturated heterocycles. The molecule has 0 aliphatic heterocycles. The van der Waals surface area contributed by atoms with Crippen LogP contribution in [0.4, 0.5) is 0 Å². The molecule has 0 radical (unpaired) electrons. The van der Waals surface area contributed by atoms with Gasteiger partial charge in [-0.25, -0.2) is 0 Å². The summed E-state index contributed by atoms with van der Waals surface area (Å²) in [6.07, 6.45) is 1.07. The molecule has 0 aromatic heterocycles. The number of aryl methyl sites for hydroxylation is 2. The standard InChI is InChI=1S/C21H22BrClN2O2/c1-14-9-19(10-15(2)20(14)23)27-8-4-6-17(12-24)21(26)25-13-16-5-3-7-18(22)11-16/h3,5,7,9-11,17H,4,6,8,13H2,1-2H3,(H,25,26). The summed E-state index contributed by atoms with van der Waals surface area (Å²) in [4.78, 5) is 12.2. The SMILES string of the molecule is Cc1cc(OCCCC(C#N)C(=O)NCc2cccc(Br)c2)cc(C)c1Cl. The van der Waals surface area contributed by atoms with Gasteiger partial charge in [0.15, 0.2) is 0 Å². The number of hydrogen-bond acceptors (Lipinski definition) is 3. The zero-order chi connectivity index (χ0) is 19.8. The molecule has 0 aliphatic carbocycles. The van der Waals surface area contributed by atoms with Crippen LogP contribution in [0.25, 0.3) is 0 Å². The molecule has 6 heteroatoms. The van der Waals surface area contributed by atoms with Gasteiger partial charge in [0.25, 0.3) is 0 Å². The van der Waals surface area contributed by atoms with Crippen molar-refractivity contribution in [3.8, 4) is 11.8 Å². The first-order valence-electron chi connectivity index (χ1n) is 8.72. The molecule has 2 aromatic rings. The minimum atomic E-state index is -0.686. The highest BCUT2D eigenvalue weighted by Gasteiger charge is 2.17. The van der Waals surface area contributed by atoms with Crippen LogP contribution in [0.15, 0.2) is 40.9 Å². The average Bonchev–Trinajstić information content (AvgIpc) is 2.64. The van der Waals surface area contributed by atoms with Gasteiger partial charge in [-0.15, -0.1) is 0 Å². The average molecular weight is 450 g/mol. The number of halogens is 2. The highest BCUT2D eigenvalue weighted by molar-refractivity contribution is 9.10. The number of nitrogens with one attached hydrogen (secondary N) is 1. The lowest BCUT2D eigenvalue weighted by atomic mass is 10.0. The number of carbonyl (C=O) groups is 1. The first-order chi connectivity index (χ1) is 12.9. The molecular weight excluding hydrogens is 428 g/mol. The Hall–Kier alpha value is -2.03. The summed E-state index contributed by atoms with van der Waals surface area (Å²) < 4.78 is 6.69. The first-order valence-corrected chi connectivity index (χ1v) is 9.89. The van der Waals surface area contributed by atoms with Crippen LogP contribution < -0.4 is 10.1 Å². The molecule has 2 aromatic carbocycles. The van der Waals surface area contributed by atoms with Gasteiger partial charge in [0.1, 0.15) is 11.7 Å². The zero-order valence-electron chi connectivity index (χ0n) is 15.4. The van der Waals surface area contributed by atoms with E-state index in [4.69, 9.17) is 16.3 Å². The van der Waals surface area contributed by atoms with Crippen molar-refractivity contribution in [1.29, 1.82) is 5.26 Å². The topological polar surface area (TPSA) is 62.1 Å². The second kappa shape index (κ2) is 10.3. The maximum Gasteiger partial charge on any atom is 0.237 e. The highest BCUT2D eigenvalue weighted by Crippen LogP contribution is 2.26. The molecule has 2 rings (SSSR count). The minimum Gasteiger partial charge on any atom is -0.494 e. The molecule has 142 valence electrons. The Balaban J connectivity index is 1.78. The monoisotopic (exact) mass is 448 g/mol. The summed E-state index contributed by atoms with van der Waals surface area (Å²) in [5.41, 5.74) is 2.91. The van der Waals surface area contributed by atoms with Crippen molar-refractivity contribution >= 4 is 33.4 Å². The summed E-state index contributed by atoms with van der Waals surface area (Å²) in [7, 11) is 0. The smallest absolute Gasteiger partial charge is 0.237 e. The van der Waals surface area contributed by atoms with E-state index < -0.39 is 5.92 Å². The second-order valence-corrected chi connectivity index (χ2v) is 7.68. The van der Waals surface area contributed by atoms with Gasteiger partial charge in [0.2, 0.25) is 5.91 Å². The third kappa shape index (κ3) is 6.57. The summed E-state index contributed by atoms with van der Waals surface area (Å²) >= 11 is 9.55. The fourth-order valence-corrected chi connectivity index (χ4v) is 3.24. The number of benzene rings is 2. The van der Waals surface area contributed by atoms with Gasteiger partial charge in [-0.2, -0.15) is 5.26 Å². The van der Waals surface area contributed by atoms with E-state index in [0.29, 0.717) is 26.0 Å². The number of nitriles is 1. The Morgan fingerprint density at radius 1 is 1.30 bits per heavy atom. The minimum absolute atomic E-state index is 0.254. The molecule has 1 N–H and O–H groups in total. The molecule has 0 saturated carbocycles. The van der Waals surface area contributed by atoms with Crippen LogP contribution >= 0.6 is 27.5 Å². The molecule has 1 unspecified atom stereocenters. The lowest BCUT2D eigenvalue weighted by molar-refractivity contribution is -0.123. The van der Waals surface area contributed by atoms with E-state index in [2.05, 4.69) is 27.3 Å². The molecule has 27 heavy (non-hydrogen) atoms. The van der Waals surface area contributed by atoms with Gasteiger partial charge in [0.05, 0.1) is 12.7 Å². The summed E-state index contributed by atoms with van der Waals surface area (Å²) in [5.74, 6) is -0.188. The fourth-order valence-electron chi connectivity index (χ4n) is 2.68. The maximum absolute atomic E-state index is 12.2. The Morgan fingerprint density at radius 3 is 2.63 bits per heavy atom. The summed E-state index contributed by atoms with van der Waals surface area (Å²) in [6.45, 7) is 4.71. The van der Waals surface area contributed by atoms with E-state index in [1.165, 1.54) is 0 Å². The molecule has 1 atom stereocenters. The van der Waals surface area contributed by atoms with E-state index in [1.54, 1.807) is 0 Å². The van der Waals surface area contributed by atoms with E-state index >= 15 is 0 Å². The normalized spacial score (nSPS) is 11.5. The van der Waals surface area contributed by atoms with Crippen LogP contribution in [-0.2, 0) is 11.3 Å². The predicted octanol–water partition coefficient (Wildman–Crippen LogP) is 5.33. The Bertz CT molecular complexity index is 825. The molecule has 0 aliphatic rings. The van der Waals surface area contributed by atoms with Gasteiger partial charge in [0, 0.05) is 16.0 Å². The fraction of sp³-hybridized carbons (Fsp3) is 0.333. The number of nitrogens with zero attached hydrogens (tertiary/aromatic N) is 1. The molecule has 0 bridgehead atoms. The summed E-state index contributed by atoms with van der Waals surface area (Å²) in [6, 6.07) is 13.6. The van der Waals surface area contributed by atoms with Crippen molar-refractivity contribution < 1.29 is 9.53 Å². The Labute approximate surface area is 173 Å². The maximum atomic E-state index is 12.2. The van der Waals surface area contributed by atoms with Crippen LogP contribution in [0, 0.1) is 31.1 Å². The lowest BCUT2D eigenvalue weighted by Crippen LogP contribution is -2.29. The third-order valence-electron chi connectivity index (χ3n) is 4.14. The zero-order valence-corrected chi connectivity index (χ0v) is 17.7. The lowest BCUT2D eigenvalue weighted by Gasteiger charge is -2.12. The van der Waals surface area contributed by atoms with Crippen LogP contribution in [0.3, 0.4) is 0 Å². The van der Waals surface area contributed by atoms with Crippen molar-refractivity contribution in [2.45, 2.75) is 33.2 Å². The van der Waals surface area contributed by atoms with Gasteiger partial charge < -0.3 is 10.1 Å². The number of amides is 1. The number of hydrogen-bond donors (Lipinski definition) is 1. The van der Waals surface area contributed by atoms with Crippen LogP contribution in [0.1, 0.15) is 29.5 Å². The van der Waals surface area contributed by atoms with E-state index in [1.807, 2.05) is 50.2 Å². The van der Waals surface area contributed by atoms with Crippen molar-refractivity contribution in [3.63, 3.8) is 0 Å². The number of carbonyl (C=O) groups excluding carboxylic acids is 1. The highest BCUT2D eigenvalue weighted by atomic mass is 79.9. The first kappa shape index (κ1) is 21.3. The molecule has 1 amide bonds. The van der Waals surface area contributed by atoms with Crippen molar-refractivity contribution in [2.24, 2.45) is 5.92 Å². The quantitative estimate of drug-likeness (QED) is 0.554. The molecule has 0 fully saturated rings. The van der Waals surface area contributed by atoms with E-state index in [0.717, 1.165) is 31.9 Å². The van der Waals surface area contributed by atoms with E-state index in [-0.39, 0.29) is 5.91 Å². The van der Waals surface area contributed by atoms with Crippen LogP contribution in [0.2, 0.25) is 5.02 Å². The Kier molecular flexibility index (Phi) is 8.15. The van der Waals surface area contributed by atoms with Gasteiger partial charge in [-0.1, -0.05) is 39.7 Å². The molecule has 0 heterocycles. The molecular formula is C21H22BrClN2O2. The van der Waals surface area contributed by atoms with Crippen LogP contribution in [-0.4, -0.2) is 12.5 Å². The van der Waals surface area contributed by atoms with Gasteiger partial charge in [-0.3, -0.25) is 4.79 Å². The van der Waals surface area contributed by atoms with E-state index in [9.17, 15) is 10.1 Å². The molecule has 0 spiro atoms. The second-order valence-electron chi connectivity index (χ2n) is 6.39. The van der Waals surface area contributed by atoms with Crippen molar-refractivity contribution in [3.05, 3.63) is 62.6 Å². The van der Waals surface area contributed by atoms with Gasteiger partial charge >= 0.3 is 0 Å². The Morgan fingerprint density at radius 2 is 2.00 bits per heavy atom. The predicted molar refractivity (Wildman–Crippen MR) is 111 cm³/mol. The van der Waals surface area contributed by atoms with Crippen molar-refractivity contribution in [2.75, 3.05) is 6.61 Å². The third-order valence-corrected chi connectivity index (χ3v) is 5.23. The number of ether oxygens (including phenoxy) is 1. The molecule has 4 nitrogen and oxygen atoms in total. The van der Waals surface area contributed by atoms with Crippen LogP contribution in [0.5, 0.6) is 5.75 Å². The summed E-state index contributed by atoms with van der Waals surface area (Å²) in [5, 5.41) is 12.8. The van der Waals surface area contributed by atoms with Gasteiger partial charge in [-0.05, 0) is 67.6 Å². The van der Waals surface area contributed by atoms with Crippen molar-refractivity contribution in [1.82, 2.24) is 5.32 Å². The number of rotatable bonds is 8. The largest absolute Gasteiger partial charge is 0.494 e.